The summed E-state index contributed by atoms with van der Waals surface area (Å²) >= 11 is 0. The molecule has 2 fully saturated rings. The predicted octanol–water partition coefficient (Wildman–Crippen LogP) is 1.45. The number of ether oxygens (including phenoxy) is 1. The highest BCUT2D eigenvalue weighted by Crippen LogP contribution is 2.33. The molecule has 0 saturated carbocycles. The van der Waals surface area contributed by atoms with E-state index < -0.39 is 0 Å². The summed E-state index contributed by atoms with van der Waals surface area (Å²) in [6, 6.07) is 0.305. The zero-order valence-corrected chi connectivity index (χ0v) is 11.6. The molecule has 18 heavy (non-hydrogen) atoms. The van der Waals surface area contributed by atoms with Crippen LogP contribution in [0.15, 0.2) is 0 Å². The van der Waals surface area contributed by atoms with Crippen molar-refractivity contribution in [2.24, 2.45) is 5.41 Å². The summed E-state index contributed by atoms with van der Waals surface area (Å²) in [5, 5.41) is 6.60. The molecule has 104 valence electrons. The van der Waals surface area contributed by atoms with Crippen molar-refractivity contribution in [2.45, 2.75) is 58.1 Å². The maximum absolute atomic E-state index is 12.5. The van der Waals surface area contributed by atoms with Gasteiger partial charge in [0.25, 0.3) is 0 Å². The van der Waals surface area contributed by atoms with Crippen molar-refractivity contribution in [3.8, 4) is 0 Å². The van der Waals surface area contributed by atoms with E-state index >= 15 is 0 Å². The van der Waals surface area contributed by atoms with Crippen molar-refractivity contribution in [2.75, 3.05) is 19.7 Å². The molecule has 2 saturated heterocycles. The minimum Gasteiger partial charge on any atom is -0.378 e. The number of nitrogens with one attached hydrogen (secondary N) is 2. The average molecular weight is 254 g/mol. The summed E-state index contributed by atoms with van der Waals surface area (Å²) in [4.78, 5) is 12.5. The lowest BCUT2D eigenvalue weighted by atomic mass is 9.75. The third kappa shape index (κ3) is 3.04. The van der Waals surface area contributed by atoms with Gasteiger partial charge in [0.05, 0.1) is 11.5 Å². The molecule has 0 aromatic rings. The summed E-state index contributed by atoms with van der Waals surface area (Å²) in [5.41, 5.74) is -0.132. The standard InChI is InChI=1S/C14H26N2O2/c1-3-14(5-7-15-8-6-14)13(17)16-12-4-9-18-11(2)10-12/h11-12,15H,3-10H2,1-2H3,(H,16,17). The molecule has 2 rings (SSSR count). The van der Waals surface area contributed by atoms with Crippen LogP contribution < -0.4 is 10.6 Å². The van der Waals surface area contributed by atoms with Crippen molar-refractivity contribution in [3.05, 3.63) is 0 Å². The molecule has 4 nitrogen and oxygen atoms in total. The Bertz CT molecular complexity index is 288. The Balaban J connectivity index is 1.92. The lowest BCUT2D eigenvalue weighted by Gasteiger charge is -2.38. The van der Waals surface area contributed by atoms with Crippen molar-refractivity contribution in [1.29, 1.82) is 0 Å². The van der Waals surface area contributed by atoms with Crippen molar-refractivity contribution >= 4 is 5.91 Å². The van der Waals surface area contributed by atoms with Crippen molar-refractivity contribution in [1.82, 2.24) is 10.6 Å². The van der Waals surface area contributed by atoms with Crippen molar-refractivity contribution < 1.29 is 9.53 Å². The maximum Gasteiger partial charge on any atom is 0.226 e. The van der Waals surface area contributed by atoms with Crippen LogP contribution in [0.2, 0.25) is 0 Å². The van der Waals surface area contributed by atoms with E-state index in [9.17, 15) is 4.79 Å². The number of rotatable bonds is 3. The smallest absolute Gasteiger partial charge is 0.226 e. The molecule has 2 unspecified atom stereocenters. The fourth-order valence-electron chi connectivity index (χ4n) is 3.11. The number of carbonyl (C=O) groups excluding carboxylic acids is 1. The van der Waals surface area contributed by atoms with E-state index in [2.05, 4.69) is 24.5 Å². The summed E-state index contributed by atoms with van der Waals surface area (Å²) in [6.45, 7) is 6.92. The van der Waals surface area contributed by atoms with Gasteiger partial charge >= 0.3 is 0 Å². The average Bonchev–Trinajstić information content (AvgIpc) is 2.39. The Morgan fingerprint density at radius 1 is 1.44 bits per heavy atom. The minimum absolute atomic E-state index is 0.132. The molecule has 0 spiro atoms. The van der Waals surface area contributed by atoms with E-state index in [4.69, 9.17) is 4.74 Å². The molecule has 2 aliphatic heterocycles. The first-order chi connectivity index (χ1) is 8.66. The van der Waals surface area contributed by atoms with E-state index in [1.807, 2.05) is 0 Å². The Kier molecular flexibility index (Phi) is 4.62. The summed E-state index contributed by atoms with van der Waals surface area (Å²) in [7, 11) is 0. The molecule has 1 amide bonds. The highest BCUT2D eigenvalue weighted by Gasteiger charge is 2.38. The lowest BCUT2D eigenvalue weighted by molar-refractivity contribution is -0.134. The van der Waals surface area contributed by atoms with Crippen LogP contribution in [0.5, 0.6) is 0 Å². The molecular formula is C14H26N2O2. The van der Waals surface area contributed by atoms with Crippen LogP contribution in [-0.4, -0.2) is 37.7 Å². The number of hydrogen-bond acceptors (Lipinski definition) is 3. The zero-order chi connectivity index (χ0) is 13.0. The van der Waals surface area contributed by atoms with Gasteiger partial charge in [-0.15, -0.1) is 0 Å². The predicted molar refractivity (Wildman–Crippen MR) is 71.4 cm³/mol. The van der Waals surface area contributed by atoms with Gasteiger partial charge in [-0.3, -0.25) is 4.79 Å². The summed E-state index contributed by atoms with van der Waals surface area (Å²) in [5.74, 6) is 0.269. The fourth-order valence-corrected chi connectivity index (χ4v) is 3.11. The molecule has 2 N–H and O–H groups in total. The molecule has 2 aliphatic rings. The molecule has 0 aromatic carbocycles. The second kappa shape index (κ2) is 6.02. The first kappa shape index (κ1) is 13.8. The number of piperidine rings is 1. The first-order valence-corrected chi connectivity index (χ1v) is 7.29. The zero-order valence-electron chi connectivity index (χ0n) is 11.6. The van der Waals surface area contributed by atoms with Gasteiger partial charge in [0, 0.05) is 12.6 Å². The number of hydrogen-bond donors (Lipinski definition) is 2. The first-order valence-electron chi connectivity index (χ1n) is 7.29. The Labute approximate surface area is 110 Å². The highest BCUT2D eigenvalue weighted by atomic mass is 16.5. The fraction of sp³-hybridized carbons (Fsp3) is 0.929. The van der Waals surface area contributed by atoms with Crippen LogP contribution >= 0.6 is 0 Å². The topological polar surface area (TPSA) is 50.4 Å². The van der Waals surface area contributed by atoms with Crippen LogP contribution in [-0.2, 0) is 9.53 Å². The molecule has 0 aliphatic carbocycles. The normalized spacial score (nSPS) is 31.9. The molecule has 0 bridgehead atoms. The van der Waals surface area contributed by atoms with E-state index in [0.717, 1.165) is 51.8 Å². The van der Waals surface area contributed by atoms with Gasteiger partial charge in [-0.2, -0.15) is 0 Å². The maximum atomic E-state index is 12.5. The van der Waals surface area contributed by atoms with Gasteiger partial charge in [-0.1, -0.05) is 6.92 Å². The van der Waals surface area contributed by atoms with Crippen LogP contribution in [0.25, 0.3) is 0 Å². The third-order valence-electron chi connectivity index (χ3n) is 4.54. The van der Waals surface area contributed by atoms with Crippen LogP contribution in [0.1, 0.15) is 46.0 Å². The van der Waals surface area contributed by atoms with Crippen LogP contribution in [0.3, 0.4) is 0 Å². The van der Waals surface area contributed by atoms with Gasteiger partial charge in [-0.05, 0) is 52.1 Å². The quantitative estimate of drug-likeness (QED) is 0.801. The molecule has 4 heteroatoms. The van der Waals surface area contributed by atoms with Gasteiger partial charge in [0.2, 0.25) is 5.91 Å². The Hall–Kier alpha value is -0.610. The monoisotopic (exact) mass is 254 g/mol. The minimum atomic E-state index is -0.132. The lowest BCUT2D eigenvalue weighted by Crippen LogP contribution is -2.51. The highest BCUT2D eigenvalue weighted by molar-refractivity contribution is 5.83. The molecular weight excluding hydrogens is 228 g/mol. The van der Waals surface area contributed by atoms with Crippen LogP contribution in [0, 0.1) is 5.41 Å². The van der Waals surface area contributed by atoms with Gasteiger partial charge < -0.3 is 15.4 Å². The Morgan fingerprint density at radius 3 is 2.78 bits per heavy atom. The van der Waals surface area contributed by atoms with Gasteiger partial charge in [-0.25, -0.2) is 0 Å². The SMILES string of the molecule is CCC1(C(=O)NC2CCOC(C)C2)CCNCC1. The molecule has 2 atom stereocenters. The molecule has 0 aromatic heterocycles. The second-order valence-corrected chi connectivity index (χ2v) is 5.76. The number of carbonyl (C=O) groups is 1. The number of amides is 1. The molecule has 0 radical (unpaired) electrons. The van der Waals surface area contributed by atoms with Gasteiger partial charge in [0.1, 0.15) is 0 Å². The van der Waals surface area contributed by atoms with Crippen LogP contribution in [0.4, 0.5) is 0 Å². The van der Waals surface area contributed by atoms with E-state index in [1.165, 1.54) is 0 Å². The van der Waals surface area contributed by atoms with E-state index in [1.54, 1.807) is 0 Å². The van der Waals surface area contributed by atoms with E-state index in [-0.39, 0.29) is 17.4 Å². The van der Waals surface area contributed by atoms with E-state index in [0.29, 0.717) is 6.04 Å². The third-order valence-corrected chi connectivity index (χ3v) is 4.54. The Morgan fingerprint density at radius 2 is 2.17 bits per heavy atom. The largest absolute Gasteiger partial charge is 0.378 e. The second-order valence-electron chi connectivity index (χ2n) is 5.76. The molecule has 2 heterocycles. The van der Waals surface area contributed by atoms with Gasteiger partial charge in [0.15, 0.2) is 0 Å². The summed E-state index contributed by atoms with van der Waals surface area (Å²) in [6.07, 6.45) is 5.05. The summed E-state index contributed by atoms with van der Waals surface area (Å²) < 4.78 is 5.53. The van der Waals surface area contributed by atoms with Crippen molar-refractivity contribution in [3.63, 3.8) is 0 Å².